The first-order valence-corrected chi connectivity index (χ1v) is 13.8. The second-order valence-corrected chi connectivity index (χ2v) is 11.5. The first-order valence-electron chi connectivity index (χ1n) is 11.3. The van der Waals surface area contributed by atoms with Crippen LogP contribution in [0.5, 0.6) is 5.75 Å². The maximum absolute atomic E-state index is 13.0. The molecule has 1 aliphatic rings. The molecule has 0 aliphatic carbocycles. The molecule has 5 atom stereocenters. The predicted octanol–water partition coefficient (Wildman–Crippen LogP) is 3.76. The van der Waals surface area contributed by atoms with E-state index in [1.165, 1.54) is 7.11 Å². The molecule has 210 valence electrons. The summed E-state index contributed by atoms with van der Waals surface area (Å²) >= 11 is 2.09. The van der Waals surface area contributed by atoms with E-state index < -0.39 is 76.0 Å². The summed E-state index contributed by atoms with van der Waals surface area (Å²) in [6.45, 7) is 2.42. The summed E-state index contributed by atoms with van der Waals surface area (Å²) in [5.41, 5.74) is -1.17. The van der Waals surface area contributed by atoms with Crippen LogP contribution >= 0.6 is 22.6 Å². The maximum Gasteiger partial charge on any atom is 0.416 e. The minimum absolute atomic E-state index is 0.323. The Balaban J connectivity index is 1.84. The highest BCUT2D eigenvalue weighted by Gasteiger charge is 2.50. The van der Waals surface area contributed by atoms with E-state index in [0.29, 0.717) is 11.8 Å². The van der Waals surface area contributed by atoms with E-state index in [1.54, 1.807) is 38.1 Å². The molecular formula is C24H26F3IO9S. The monoisotopic (exact) mass is 674 g/mol. The summed E-state index contributed by atoms with van der Waals surface area (Å²) in [5.74, 6) is -0.823. The molecule has 38 heavy (non-hydrogen) atoms. The second-order valence-electron chi connectivity index (χ2n) is 8.63. The van der Waals surface area contributed by atoms with Crippen molar-refractivity contribution in [2.24, 2.45) is 5.92 Å². The molecule has 3 rings (SSSR count). The topological polar surface area (TPSA) is 118 Å². The quantitative estimate of drug-likeness (QED) is 0.241. The SMILES string of the molecule is CO[C@H]1[C@H](O)[C@@H](COS(=O)(=O)c2cccc(C(F)(F)F)c2)O[C@@H](Oc2ccc(I)cc2)[C@@H]1OC(=O)C(C)C. The number of benzene rings is 2. The van der Waals surface area contributed by atoms with Crippen molar-refractivity contribution in [3.05, 3.63) is 57.7 Å². The number of aliphatic hydroxyl groups excluding tert-OH is 1. The van der Waals surface area contributed by atoms with Gasteiger partial charge in [0.25, 0.3) is 10.1 Å². The lowest BCUT2D eigenvalue weighted by atomic mass is 9.98. The van der Waals surface area contributed by atoms with Crippen LogP contribution in [0.2, 0.25) is 0 Å². The van der Waals surface area contributed by atoms with Gasteiger partial charge >= 0.3 is 12.1 Å². The Hall–Kier alpha value is -1.98. The third-order valence-electron chi connectivity index (χ3n) is 5.52. The van der Waals surface area contributed by atoms with Crippen LogP contribution in [0.1, 0.15) is 19.4 Å². The molecule has 0 amide bonds. The van der Waals surface area contributed by atoms with Crippen molar-refractivity contribution >= 4 is 38.7 Å². The number of hydrogen-bond donors (Lipinski definition) is 1. The van der Waals surface area contributed by atoms with E-state index in [4.69, 9.17) is 23.1 Å². The molecular weight excluding hydrogens is 648 g/mol. The van der Waals surface area contributed by atoms with Crippen LogP contribution < -0.4 is 4.74 Å². The van der Waals surface area contributed by atoms with Gasteiger partial charge in [-0.3, -0.25) is 8.98 Å². The molecule has 0 aromatic heterocycles. The van der Waals surface area contributed by atoms with Crippen molar-refractivity contribution in [1.82, 2.24) is 0 Å². The molecule has 2 aromatic carbocycles. The van der Waals surface area contributed by atoms with Crippen LogP contribution in [0.15, 0.2) is 53.4 Å². The Kier molecular flexibility index (Phi) is 10.0. The van der Waals surface area contributed by atoms with Crippen LogP contribution in [0, 0.1) is 9.49 Å². The van der Waals surface area contributed by atoms with Crippen molar-refractivity contribution in [3.8, 4) is 5.75 Å². The van der Waals surface area contributed by atoms with Crippen LogP contribution in [0.25, 0.3) is 0 Å². The highest BCUT2D eigenvalue weighted by molar-refractivity contribution is 14.1. The number of carbonyl (C=O) groups is 1. The lowest BCUT2D eigenvalue weighted by Gasteiger charge is -2.43. The molecule has 1 fully saturated rings. The van der Waals surface area contributed by atoms with Gasteiger partial charge in [0.05, 0.1) is 23.0 Å². The highest BCUT2D eigenvalue weighted by Crippen LogP contribution is 2.32. The van der Waals surface area contributed by atoms with Crippen LogP contribution in [-0.4, -0.2) is 63.9 Å². The average molecular weight is 674 g/mol. The van der Waals surface area contributed by atoms with Gasteiger partial charge in [-0.1, -0.05) is 19.9 Å². The third kappa shape index (κ3) is 7.57. The van der Waals surface area contributed by atoms with Crippen LogP contribution in [0.3, 0.4) is 0 Å². The van der Waals surface area contributed by atoms with Gasteiger partial charge in [0.2, 0.25) is 6.29 Å². The molecule has 0 radical (unpaired) electrons. The van der Waals surface area contributed by atoms with Crippen LogP contribution in [0.4, 0.5) is 13.2 Å². The summed E-state index contributed by atoms with van der Waals surface area (Å²) < 4.78 is 92.8. The highest BCUT2D eigenvalue weighted by atomic mass is 127. The molecule has 0 bridgehead atoms. The molecule has 1 N–H and O–H groups in total. The molecule has 14 heteroatoms. The molecule has 0 unspecified atom stereocenters. The number of alkyl halides is 3. The van der Waals surface area contributed by atoms with E-state index in [1.807, 2.05) is 0 Å². The van der Waals surface area contributed by atoms with Gasteiger partial charge in [-0.25, -0.2) is 0 Å². The lowest BCUT2D eigenvalue weighted by molar-refractivity contribution is -0.285. The van der Waals surface area contributed by atoms with E-state index in [-0.39, 0.29) is 0 Å². The van der Waals surface area contributed by atoms with Gasteiger partial charge in [-0.05, 0) is 65.1 Å². The van der Waals surface area contributed by atoms with Gasteiger partial charge in [0.15, 0.2) is 6.10 Å². The lowest BCUT2D eigenvalue weighted by Crippen LogP contribution is -2.62. The minimum Gasteiger partial charge on any atom is -0.461 e. The first kappa shape index (κ1) is 30.6. The van der Waals surface area contributed by atoms with Crippen molar-refractivity contribution in [3.63, 3.8) is 0 Å². The minimum atomic E-state index is -4.76. The molecule has 1 aliphatic heterocycles. The van der Waals surface area contributed by atoms with E-state index in [0.717, 1.165) is 21.8 Å². The summed E-state index contributed by atoms with van der Waals surface area (Å²) in [7, 11) is -3.43. The zero-order chi connectivity index (χ0) is 28.3. The fourth-order valence-electron chi connectivity index (χ4n) is 3.49. The number of carbonyl (C=O) groups excluding carboxylic acids is 1. The third-order valence-corrected chi connectivity index (χ3v) is 7.51. The van der Waals surface area contributed by atoms with Crippen molar-refractivity contribution < 1.29 is 54.6 Å². The average Bonchev–Trinajstić information content (AvgIpc) is 2.85. The Morgan fingerprint density at radius 1 is 1.13 bits per heavy atom. The Bertz CT molecular complexity index is 1210. The Labute approximate surface area is 231 Å². The zero-order valence-corrected chi connectivity index (χ0v) is 23.4. The zero-order valence-electron chi connectivity index (χ0n) is 20.4. The van der Waals surface area contributed by atoms with E-state index >= 15 is 0 Å². The molecule has 0 spiro atoms. The van der Waals surface area contributed by atoms with Gasteiger partial charge in [-0.15, -0.1) is 0 Å². The number of methoxy groups -OCH3 is 1. The summed E-state index contributed by atoms with van der Waals surface area (Å²) in [5, 5.41) is 10.9. The normalized spacial score (nSPS) is 24.3. The van der Waals surface area contributed by atoms with Crippen molar-refractivity contribution in [1.29, 1.82) is 0 Å². The van der Waals surface area contributed by atoms with Gasteiger partial charge in [0, 0.05) is 10.7 Å². The fraction of sp³-hybridized carbons (Fsp3) is 0.458. The molecule has 1 saturated heterocycles. The molecule has 1 heterocycles. The van der Waals surface area contributed by atoms with Gasteiger partial charge < -0.3 is 24.1 Å². The van der Waals surface area contributed by atoms with Gasteiger partial charge in [0.1, 0.15) is 24.1 Å². The fourth-order valence-corrected chi connectivity index (χ4v) is 4.82. The Morgan fingerprint density at radius 2 is 1.79 bits per heavy atom. The van der Waals surface area contributed by atoms with E-state index in [9.17, 15) is 31.5 Å². The number of ether oxygens (including phenoxy) is 4. The molecule has 2 aromatic rings. The van der Waals surface area contributed by atoms with Crippen molar-refractivity contribution in [2.45, 2.75) is 55.6 Å². The number of aliphatic hydroxyl groups is 1. The smallest absolute Gasteiger partial charge is 0.416 e. The number of hydrogen-bond acceptors (Lipinski definition) is 9. The van der Waals surface area contributed by atoms with E-state index in [2.05, 4.69) is 22.6 Å². The molecule has 0 saturated carbocycles. The largest absolute Gasteiger partial charge is 0.461 e. The second kappa shape index (κ2) is 12.5. The summed E-state index contributed by atoms with van der Waals surface area (Å²) in [6, 6.07) is 9.80. The maximum atomic E-state index is 13.0. The predicted molar refractivity (Wildman–Crippen MR) is 135 cm³/mol. The molecule has 9 nitrogen and oxygen atoms in total. The van der Waals surface area contributed by atoms with Crippen LogP contribution in [-0.2, 0) is 39.5 Å². The number of rotatable bonds is 9. The summed E-state index contributed by atoms with van der Waals surface area (Å²) in [6.07, 6.45) is -11.5. The standard InChI is InChI=1S/C24H26F3IO9S/c1-13(2)22(30)37-21-20(33-3)19(29)18(36-23(21)35-16-9-7-15(28)8-10-16)12-34-38(31,32)17-6-4-5-14(11-17)24(25,26)27/h4-11,13,18-21,23,29H,12H2,1-3H3/t18-,19-,20+,21-,23-/m1/s1. The van der Waals surface area contributed by atoms with Crippen molar-refractivity contribution in [2.75, 3.05) is 13.7 Å². The number of halogens is 4. The summed E-state index contributed by atoms with van der Waals surface area (Å²) in [4.78, 5) is 11.6. The first-order chi connectivity index (χ1) is 17.7. The number of esters is 1. The Morgan fingerprint density at radius 3 is 2.37 bits per heavy atom. The van der Waals surface area contributed by atoms with Gasteiger partial charge in [-0.2, -0.15) is 21.6 Å².